The van der Waals surface area contributed by atoms with Crippen LogP contribution in [-0.2, 0) is 11.4 Å². The molecule has 7 nitrogen and oxygen atoms in total. The molecule has 0 aliphatic carbocycles. The highest BCUT2D eigenvalue weighted by molar-refractivity contribution is 8.00. The maximum atomic E-state index is 12.0. The van der Waals surface area contributed by atoms with Crippen molar-refractivity contribution in [1.29, 1.82) is 0 Å². The average Bonchev–Trinajstić information content (AvgIpc) is 2.78. The SMILES string of the molecule is O=C(CSc1ccc(Cl)cc1)N/N=C\c1cc(Cl)c(OCc2ccc([N+](=O)[O-])cc2)c(Cl)c1. The van der Waals surface area contributed by atoms with E-state index < -0.39 is 4.92 Å². The Hall–Kier alpha value is -2.78. The molecular formula is C22H16Cl3N3O4S. The molecule has 0 unspecified atom stereocenters. The number of hydrogen-bond acceptors (Lipinski definition) is 6. The van der Waals surface area contributed by atoms with Crippen LogP contribution in [-0.4, -0.2) is 22.8 Å². The highest BCUT2D eigenvalue weighted by atomic mass is 35.5. The summed E-state index contributed by atoms with van der Waals surface area (Å²) in [4.78, 5) is 23.1. The highest BCUT2D eigenvalue weighted by Crippen LogP contribution is 2.34. The normalized spacial score (nSPS) is 10.9. The molecule has 11 heteroatoms. The molecule has 0 saturated heterocycles. The minimum absolute atomic E-state index is 0.00545. The largest absolute Gasteiger partial charge is 0.486 e. The molecule has 1 N–H and O–H groups in total. The number of nitro groups is 1. The number of nitrogens with one attached hydrogen (secondary N) is 1. The smallest absolute Gasteiger partial charge is 0.269 e. The first-order valence-corrected chi connectivity index (χ1v) is 11.5. The Kier molecular flexibility index (Phi) is 8.96. The van der Waals surface area contributed by atoms with E-state index in [9.17, 15) is 14.9 Å². The molecule has 33 heavy (non-hydrogen) atoms. The summed E-state index contributed by atoms with van der Waals surface area (Å²) in [5.41, 5.74) is 3.73. The molecule has 0 saturated carbocycles. The minimum Gasteiger partial charge on any atom is -0.486 e. The number of carbonyl (C=O) groups is 1. The number of non-ortho nitro benzene ring substituents is 1. The van der Waals surface area contributed by atoms with Gasteiger partial charge in [-0.2, -0.15) is 5.10 Å². The zero-order valence-corrected chi connectivity index (χ0v) is 19.9. The predicted octanol–water partition coefficient (Wildman–Crippen LogP) is 6.38. The molecule has 0 radical (unpaired) electrons. The number of nitrogens with zero attached hydrogens (tertiary/aromatic N) is 2. The summed E-state index contributed by atoms with van der Waals surface area (Å²) in [6, 6.07) is 16.3. The second kappa shape index (κ2) is 11.9. The van der Waals surface area contributed by atoms with Crippen LogP contribution in [0, 0.1) is 10.1 Å². The lowest BCUT2D eigenvalue weighted by atomic mass is 10.2. The third-order valence-electron chi connectivity index (χ3n) is 4.14. The Morgan fingerprint density at radius 3 is 2.30 bits per heavy atom. The molecular weight excluding hydrogens is 509 g/mol. The van der Waals surface area contributed by atoms with Crippen molar-refractivity contribution in [3.05, 3.63) is 97.0 Å². The molecule has 170 valence electrons. The monoisotopic (exact) mass is 523 g/mol. The van der Waals surface area contributed by atoms with Crippen LogP contribution >= 0.6 is 46.6 Å². The van der Waals surface area contributed by atoms with Crippen LogP contribution in [0.3, 0.4) is 0 Å². The van der Waals surface area contributed by atoms with E-state index in [2.05, 4.69) is 10.5 Å². The van der Waals surface area contributed by atoms with Crippen LogP contribution in [0.25, 0.3) is 0 Å². The van der Waals surface area contributed by atoms with E-state index in [0.29, 0.717) is 10.6 Å². The van der Waals surface area contributed by atoms with E-state index in [0.717, 1.165) is 10.5 Å². The standard InChI is InChI=1S/C22H16Cl3N3O4S/c23-16-3-7-18(8-4-16)33-13-21(29)27-26-11-15-9-19(24)22(20(25)10-15)32-12-14-1-5-17(6-2-14)28(30)31/h1-11H,12-13H2,(H,27,29)/b26-11-. The van der Waals surface area contributed by atoms with E-state index in [4.69, 9.17) is 39.5 Å². The lowest BCUT2D eigenvalue weighted by Gasteiger charge is -2.11. The summed E-state index contributed by atoms with van der Waals surface area (Å²) in [7, 11) is 0. The lowest BCUT2D eigenvalue weighted by molar-refractivity contribution is -0.384. The molecule has 0 spiro atoms. The number of hydrazone groups is 1. The van der Waals surface area contributed by atoms with Crippen molar-refractivity contribution < 1.29 is 14.5 Å². The molecule has 1 amide bonds. The summed E-state index contributed by atoms with van der Waals surface area (Å²) in [5.74, 6) is 0.194. The van der Waals surface area contributed by atoms with Gasteiger partial charge in [-0.1, -0.05) is 34.8 Å². The van der Waals surface area contributed by atoms with Crippen LogP contribution in [0.2, 0.25) is 15.1 Å². The molecule has 0 fully saturated rings. The van der Waals surface area contributed by atoms with E-state index in [1.165, 1.54) is 30.1 Å². The number of ether oxygens (including phenoxy) is 1. The first kappa shape index (κ1) is 24.9. The van der Waals surface area contributed by atoms with Gasteiger partial charge in [0.1, 0.15) is 6.61 Å². The number of halogens is 3. The summed E-state index contributed by atoms with van der Waals surface area (Å²) >= 11 is 19.8. The Bertz CT molecular complexity index is 1150. The third kappa shape index (κ3) is 7.64. The van der Waals surface area contributed by atoms with Gasteiger partial charge in [0.2, 0.25) is 5.91 Å². The third-order valence-corrected chi connectivity index (χ3v) is 5.96. The predicted molar refractivity (Wildman–Crippen MR) is 132 cm³/mol. The Balaban J connectivity index is 1.53. The number of amides is 1. The fourth-order valence-corrected chi connectivity index (χ4v) is 3.98. The van der Waals surface area contributed by atoms with Gasteiger partial charge in [-0.15, -0.1) is 11.8 Å². The van der Waals surface area contributed by atoms with Crippen LogP contribution in [0.15, 0.2) is 70.7 Å². The molecule has 0 aliphatic heterocycles. The second-order valence-electron chi connectivity index (χ2n) is 6.56. The van der Waals surface area contributed by atoms with Crippen LogP contribution < -0.4 is 10.2 Å². The Morgan fingerprint density at radius 1 is 1.06 bits per heavy atom. The second-order valence-corrected chi connectivity index (χ2v) is 8.86. The van der Waals surface area contributed by atoms with Gasteiger partial charge in [-0.05, 0) is 59.7 Å². The summed E-state index contributed by atoms with van der Waals surface area (Å²) in [5, 5.41) is 15.8. The van der Waals surface area contributed by atoms with Crippen LogP contribution in [0.1, 0.15) is 11.1 Å². The van der Waals surface area contributed by atoms with Gasteiger partial charge in [-0.25, -0.2) is 5.43 Å². The molecule has 0 bridgehead atoms. The van der Waals surface area contributed by atoms with Crippen molar-refractivity contribution in [3.63, 3.8) is 0 Å². The molecule has 0 heterocycles. The van der Waals surface area contributed by atoms with Gasteiger partial charge in [0.25, 0.3) is 5.69 Å². The van der Waals surface area contributed by atoms with E-state index in [1.807, 2.05) is 12.1 Å². The first-order chi connectivity index (χ1) is 15.8. The van der Waals surface area contributed by atoms with Crippen LogP contribution in [0.4, 0.5) is 5.69 Å². The van der Waals surface area contributed by atoms with Crippen molar-refractivity contribution in [2.24, 2.45) is 5.10 Å². The van der Waals surface area contributed by atoms with Gasteiger partial charge in [0.05, 0.1) is 26.9 Å². The maximum absolute atomic E-state index is 12.0. The van der Waals surface area contributed by atoms with Crippen LogP contribution in [0.5, 0.6) is 5.75 Å². The van der Waals surface area contributed by atoms with Crippen molar-refractivity contribution >= 4 is 64.4 Å². The highest BCUT2D eigenvalue weighted by Gasteiger charge is 2.11. The number of carbonyl (C=O) groups excluding carboxylic acids is 1. The zero-order valence-electron chi connectivity index (χ0n) is 16.8. The molecule has 3 rings (SSSR count). The molecule has 0 aliphatic rings. The number of thioether (sulfide) groups is 1. The molecule has 3 aromatic rings. The van der Waals surface area contributed by atoms with E-state index >= 15 is 0 Å². The maximum Gasteiger partial charge on any atom is 0.269 e. The first-order valence-electron chi connectivity index (χ1n) is 9.37. The number of hydrogen-bond donors (Lipinski definition) is 1. The minimum atomic E-state index is -0.473. The van der Waals surface area contributed by atoms with Gasteiger partial charge < -0.3 is 4.74 Å². The van der Waals surface area contributed by atoms with E-state index in [1.54, 1.807) is 36.4 Å². The van der Waals surface area contributed by atoms with Crippen molar-refractivity contribution in [2.45, 2.75) is 11.5 Å². The fraction of sp³-hybridized carbons (Fsp3) is 0.0909. The lowest BCUT2D eigenvalue weighted by Crippen LogP contribution is -2.19. The topological polar surface area (TPSA) is 93.8 Å². The average molecular weight is 525 g/mol. The van der Waals surface area contributed by atoms with Crippen molar-refractivity contribution in [3.8, 4) is 5.75 Å². The molecule has 3 aromatic carbocycles. The summed E-state index contributed by atoms with van der Waals surface area (Å²) < 4.78 is 5.67. The molecule has 0 atom stereocenters. The number of rotatable bonds is 9. The quantitative estimate of drug-likeness (QED) is 0.152. The van der Waals surface area contributed by atoms with Crippen molar-refractivity contribution in [2.75, 3.05) is 5.75 Å². The van der Waals surface area contributed by atoms with Gasteiger partial charge in [0.15, 0.2) is 5.75 Å². The molecule has 0 aromatic heterocycles. The Labute approximate surface area is 208 Å². The van der Waals surface area contributed by atoms with Crippen molar-refractivity contribution in [1.82, 2.24) is 5.43 Å². The van der Waals surface area contributed by atoms with Gasteiger partial charge in [0, 0.05) is 22.1 Å². The fourth-order valence-electron chi connectivity index (χ4n) is 2.55. The number of benzene rings is 3. The summed E-state index contributed by atoms with van der Waals surface area (Å²) in [6.45, 7) is 0.131. The number of nitro benzene ring substituents is 1. The van der Waals surface area contributed by atoms with E-state index in [-0.39, 0.29) is 39.7 Å². The zero-order chi connectivity index (χ0) is 23.8. The van der Waals surface area contributed by atoms with Gasteiger partial charge >= 0.3 is 0 Å². The Morgan fingerprint density at radius 2 is 1.70 bits per heavy atom. The van der Waals surface area contributed by atoms with Gasteiger partial charge in [-0.3, -0.25) is 14.9 Å². The summed E-state index contributed by atoms with van der Waals surface area (Å²) in [6.07, 6.45) is 1.42.